The van der Waals surface area contributed by atoms with E-state index >= 15 is 0 Å². The monoisotopic (exact) mass is 172 g/mol. The fourth-order valence-corrected chi connectivity index (χ4v) is 1.63. The zero-order valence-corrected chi connectivity index (χ0v) is 6.75. The Bertz CT molecular complexity index is 203. The summed E-state index contributed by atoms with van der Waals surface area (Å²) in [5, 5.41) is 11.8. The SMILES string of the molecule is O=C(O)N1CCOC2(CNC2)C1. The lowest BCUT2D eigenvalue weighted by atomic mass is 9.95. The first-order valence-corrected chi connectivity index (χ1v) is 4.04. The number of amides is 1. The van der Waals surface area contributed by atoms with Crippen LogP contribution in [0.25, 0.3) is 0 Å². The van der Waals surface area contributed by atoms with Crippen LogP contribution >= 0.6 is 0 Å². The fraction of sp³-hybridized carbons (Fsp3) is 0.857. The summed E-state index contributed by atoms with van der Waals surface area (Å²) in [6, 6.07) is 0. The van der Waals surface area contributed by atoms with E-state index in [1.807, 2.05) is 0 Å². The Kier molecular flexibility index (Phi) is 1.69. The highest BCUT2D eigenvalue weighted by atomic mass is 16.5. The van der Waals surface area contributed by atoms with E-state index in [4.69, 9.17) is 9.84 Å². The molecule has 0 bridgehead atoms. The second kappa shape index (κ2) is 2.60. The lowest BCUT2D eigenvalue weighted by Crippen LogP contribution is -2.69. The van der Waals surface area contributed by atoms with Crippen LogP contribution in [0.3, 0.4) is 0 Å². The van der Waals surface area contributed by atoms with Gasteiger partial charge in [0.15, 0.2) is 0 Å². The number of rotatable bonds is 0. The third kappa shape index (κ3) is 1.15. The molecule has 2 heterocycles. The van der Waals surface area contributed by atoms with Crippen LogP contribution in [0.2, 0.25) is 0 Å². The molecule has 68 valence electrons. The Morgan fingerprint density at radius 1 is 1.58 bits per heavy atom. The topological polar surface area (TPSA) is 61.8 Å². The molecule has 2 aliphatic heterocycles. The lowest BCUT2D eigenvalue weighted by Gasteiger charge is -2.47. The zero-order chi connectivity index (χ0) is 8.60. The predicted octanol–water partition coefficient (Wildman–Crippen LogP) is -0.661. The molecule has 2 fully saturated rings. The van der Waals surface area contributed by atoms with Crippen LogP contribution in [0.4, 0.5) is 4.79 Å². The Balaban J connectivity index is 1.98. The normalized spacial score (nSPS) is 26.8. The minimum Gasteiger partial charge on any atom is -0.465 e. The standard InChI is InChI=1S/C7H12N2O3/c10-6(11)9-1-2-12-7(5-9)3-8-4-7/h8H,1-5H2,(H,10,11). The molecule has 2 saturated heterocycles. The summed E-state index contributed by atoms with van der Waals surface area (Å²) < 4.78 is 5.51. The number of carboxylic acid groups (broad SMARTS) is 1. The lowest BCUT2D eigenvalue weighted by molar-refractivity contribution is -0.128. The maximum atomic E-state index is 10.6. The van der Waals surface area contributed by atoms with Gasteiger partial charge < -0.3 is 20.1 Å². The van der Waals surface area contributed by atoms with Crippen molar-refractivity contribution in [3.63, 3.8) is 0 Å². The van der Waals surface area contributed by atoms with E-state index in [2.05, 4.69) is 5.32 Å². The second-order valence-electron chi connectivity index (χ2n) is 3.34. The summed E-state index contributed by atoms with van der Waals surface area (Å²) >= 11 is 0. The first-order valence-electron chi connectivity index (χ1n) is 4.04. The molecule has 2 aliphatic rings. The van der Waals surface area contributed by atoms with Crippen molar-refractivity contribution >= 4 is 6.09 Å². The molecule has 12 heavy (non-hydrogen) atoms. The predicted molar refractivity (Wildman–Crippen MR) is 41.2 cm³/mol. The Labute approximate surface area is 70.3 Å². The third-order valence-electron chi connectivity index (χ3n) is 2.41. The summed E-state index contributed by atoms with van der Waals surface area (Å²) in [4.78, 5) is 12.1. The van der Waals surface area contributed by atoms with Crippen LogP contribution in [0.1, 0.15) is 0 Å². The van der Waals surface area contributed by atoms with Gasteiger partial charge in [-0.2, -0.15) is 0 Å². The molecule has 0 aromatic carbocycles. The molecule has 5 heteroatoms. The number of carbonyl (C=O) groups is 1. The highest BCUT2D eigenvalue weighted by Crippen LogP contribution is 2.21. The molecule has 0 atom stereocenters. The van der Waals surface area contributed by atoms with Gasteiger partial charge in [-0.1, -0.05) is 0 Å². The number of ether oxygens (including phenoxy) is 1. The van der Waals surface area contributed by atoms with Crippen LogP contribution in [-0.2, 0) is 4.74 Å². The molecule has 0 saturated carbocycles. The molecule has 0 radical (unpaired) electrons. The van der Waals surface area contributed by atoms with Gasteiger partial charge in [-0.25, -0.2) is 4.79 Å². The first kappa shape index (κ1) is 7.82. The highest BCUT2D eigenvalue weighted by Gasteiger charge is 2.43. The Morgan fingerprint density at radius 2 is 2.33 bits per heavy atom. The molecular formula is C7H12N2O3. The largest absolute Gasteiger partial charge is 0.465 e. The quantitative estimate of drug-likeness (QED) is 0.509. The average molecular weight is 172 g/mol. The van der Waals surface area contributed by atoms with E-state index in [0.29, 0.717) is 19.7 Å². The first-order chi connectivity index (χ1) is 5.72. The van der Waals surface area contributed by atoms with Crippen LogP contribution in [0, 0.1) is 0 Å². The maximum Gasteiger partial charge on any atom is 0.407 e. The van der Waals surface area contributed by atoms with Crippen molar-refractivity contribution in [3.05, 3.63) is 0 Å². The molecule has 1 amide bonds. The summed E-state index contributed by atoms with van der Waals surface area (Å²) in [5.74, 6) is 0. The van der Waals surface area contributed by atoms with Gasteiger partial charge in [0.2, 0.25) is 0 Å². The van der Waals surface area contributed by atoms with Crippen molar-refractivity contribution < 1.29 is 14.6 Å². The van der Waals surface area contributed by atoms with Gasteiger partial charge in [-0.15, -0.1) is 0 Å². The van der Waals surface area contributed by atoms with Gasteiger partial charge in [-0.05, 0) is 0 Å². The van der Waals surface area contributed by atoms with Crippen LogP contribution in [0.15, 0.2) is 0 Å². The fourth-order valence-electron chi connectivity index (χ4n) is 1.63. The second-order valence-corrected chi connectivity index (χ2v) is 3.34. The minimum atomic E-state index is -0.843. The number of morpholine rings is 1. The zero-order valence-electron chi connectivity index (χ0n) is 6.75. The number of nitrogens with one attached hydrogen (secondary N) is 1. The smallest absolute Gasteiger partial charge is 0.407 e. The van der Waals surface area contributed by atoms with Crippen molar-refractivity contribution in [2.24, 2.45) is 0 Å². The molecule has 5 nitrogen and oxygen atoms in total. The molecule has 0 aliphatic carbocycles. The van der Waals surface area contributed by atoms with Crippen molar-refractivity contribution in [2.45, 2.75) is 5.60 Å². The number of hydrogen-bond donors (Lipinski definition) is 2. The molecule has 1 spiro atoms. The summed E-state index contributed by atoms with van der Waals surface area (Å²) in [5.41, 5.74) is -0.212. The highest BCUT2D eigenvalue weighted by molar-refractivity contribution is 5.65. The van der Waals surface area contributed by atoms with Gasteiger partial charge in [-0.3, -0.25) is 0 Å². The van der Waals surface area contributed by atoms with E-state index in [9.17, 15) is 4.79 Å². The van der Waals surface area contributed by atoms with Crippen molar-refractivity contribution in [2.75, 3.05) is 32.8 Å². The Morgan fingerprint density at radius 3 is 2.83 bits per heavy atom. The van der Waals surface area contributed by atoms with E-state index < -0.39 is 6.09 Å². The van der Waals surface area contributed by atoms with Crippen molar-refractivity contribution in [1.29, 1.82) is 0 Å². The van der Waals surface area contributed by atoms with Gasteiger partial charge in [0, 0.05) is 19.6 Å². The Hall–Kier alpha value is -0.810. The third-order valence-corrected chi connectivity index (χ3v) is 2.41. The van der Waals surface area contributed by atoms with Gasteiger partial charge in [0.25, 0.3) is 0 Å². The summed E-state index contributed by atoms with van der Waals surface area (Å²) in [7, 11) is 0. The van der Waals surface area contributed by atoms with E-state index in [-0.39, 0.29) is 5.60 Å². The molecule has 2 N–H and O–H groups in total. The van der Waals surface area contributed by atoms with Crippen molar-refractivity contribution in [1.82, 2.24) is 10.2 Å². The van der Waals surface area contributed by atoms with Crippen LogP contribution in [0.5, 0.6) is 0 Å². The van der Waals surface area contributed by atoms with Crippen molar-refractivity contribution in [3.8, 4) is 0 Å². The molecule has 2 rings (SSSR count). The number of hydrogen-bond acceptors (Lipinski definition) is 3. The summed E-state index contributed by atoms with van der Waals surface area (Å²) in [6.45, 7) is 3.08. The van der Waals surface area contributed by atoms with E-state index in [0.717, 1.165) is 13.1 Å². The minimum absolute atomic E-state index is 0.212. The average Bonchev–Trinajstić information content (AvgIpc) is 2.02. The summed E-state index contributed by atoms with van der Waals surface area (Å²) in [6.07, 6.45) is -0.843. The molecule has 0 aromatic rings. The van der Waals surface area contributed by atoms with Gasteiger partial charge in [0.05, 0.1) is 13.2 Å². The molecule has 0 aromatic heterocycles. The molecular weight excluding hydrogens is 160 g/mol. The molecule has 0 unspecified atom stereocenters. The van der Waals surface area contributed by atoms with E-state index in [1.54, 1.807) is 0 Å². The maximum absolute atomic E-state index is 10.6. The van der Waals surface area contributed by atoms with Crippen LogP contribution in [-0.4, -0.2) is 54.5 Å². The van der Waals surface area contributed by atoms with Crippen LogP contribution < -0.4 is 5.32 Å². The van der Waals surface area contributed by atoms with Gasteiger partial charge >= 0.3 is 6.09 Å². The van der Waals surface area contributed by atoms with Gasteiger partial charge in [0.1, 0.15) is 5.60 Å². The van der Waals surface area contributed by atoms with E-state index in [1.165, 1.54) is 4.90 Å². The number of nitrogens with zero attached hydrogens (tertiary/aromatic N) is 1.